The van der Waals surface area contributed by atoms with Crippen LogP contribution in [0.3, 0.4) is 0 Å². The van der Waals surface area contributed by atoms with E-state index >= 15 is 0 Å². The predicted octanol–water partition coefficient (Wildman–Crippen LogP) is -0.0858. The van der Waals surface area contributed by atoms with Gasteiger partial charge in [-0.2, -0.15) is 5.10 Å². The van der Waals surface area contributed by atoms with Gasteiger partial charge in [0.1, 0.15) is 11.6 Å². The van der Waals surface area contributed by atoms with Crippen LogP contribution < -0.4 is 15.9 Å². The number of aromatic amines is 1. The second kappa shape index (κ2) is 4.65. The third kappa shape index (κ3) is 2.46. The highest BCUT2D eigenvalue weighted by Crippen LogP contribution is 2.18. The zero-order chi connectivity index (χ0) is 13.4. The number of aromatic nitrogens is 4. The highest BCUT2D eigenvalue weighted by molar-refractivity contribution is 5.50. The lowest BCUT2D eigenvalue weighted by atomic mass is 10.4. The normalized spacial score (nSPS) is 15.1. The van der Waals surface area contributed by atoms with Gasteiger partial charge in [0.2, 0.25) is 0 Å². The molecule has 0 radical (unpaired) electrons. The van der Waals surface area contributed by atoms with Crippen molar-refractivity contribution < 1.29 is 0 Å². The van der Waals surface area contributed by atoms with E-state index in [1.165, 1.54) is 17.2 Å². The molecule has 0 aromatic carbocycles. The molecular weight excluding hydrogens is 244 g/mol. The summed E-state index contributed by atoms with van der Waals surface area (Å²) in [5, 5.41) is 9.89. The van der Waals surface area contributed by atoms with Crippen LogP contribution in [0.5, 0.6) is 0 Å². The Kier molecular flexibility index (Phi) is 2.98. The summed E-state index contributed by atoms with van der Waals surface area (Å²) in [6, 6.07) is 2.54. The quantitative estimate of drug-likeness (QED) is 0.787. The Hall–Kier alpha value is -1.89. The first kappa shape index (κ1) is 12.2. The van der Waals surface area contributed by atoms with Gasteiger partial charge in [-0.1, -0.05) is 0 Å². The monoisotopic (exact) mass is 262 g/mol. The average Bonchev–Trinajstić information content (AvgIpc) is 3.12. The molecule has 1 aliphatic carbocycles. The topological polar surface area (TPSA) is 78.3 Å². The Morgan fingerprint density at radius 2 is 2.37 bits per heavy atom. The van der Waals surface area contributed by atoms with Crippen LogP contribution in [0.25, 0.3) is 5.65 Å². The molecule has 1 fully saturated rings. The maximum Gasteiger partial charge on any atom is 0.349 e. The number of rotatable bonds is 5. The summed E-state index contributed by atoms with van der Waals surface area (Å²) in [7, 11) is 2.00. The van der Waals surface area contributed by atoms with E-state index in [-0.39, 0.29) is 5.69 Å². The minimum absolute atomic E-state index is 0.246. The lowest BCUT2D eigenvalue weighted by Crippen LogP contribution is -2.31. The van der Waals surface area contributed by atoms with Crippen molar-refractivity contribution >= 4 is 11.5 Å². The van der Waals surface area contributed by atoms with Gasteiger partial charge in [-0.05, 0) is 19.8 Å². The van der Waals surface area contributed by atoms with Gasteiger partial charge < -0.3 is 10.2 Å². The van der Waals surface area contributed by atoms with Crippen molar-refractivity contribution in [2.75, 3.05) is 25.0 Å². The number of hydrogen-bond donors (Lipinski definition) is 2. The summed E-state index contributed by atoms with van der Waals surface area (Å²) in [5.41, 5.74) is 0.360. The van der Waals surface area contributed by atoms with Crippen LogP contribution in [-0.2, 0) is 0 Å². The fraction of sp³-hybridized carbons (Fsp3) is 0.583. The summed E-state index contributed by atoms with van der Waals surface area (Å²) in [5.74, 6) is 1.48. The smallest absolute Gasteiger partial charge is 0.349 e. The first-order valence-electron chi connectivity index (χ1n) is 6.54. The molecule has 0 aliphatic heterocycles. The number of fused-ring (bicyclic) bond motifs is 1. The largest absolute Gasteiger partial charge is 0.358 e. The third-order valence-corrected chi connectivity index (χ3v) is 3.41. The van der Waals surface area contributed by atoms with E-state index in [0.29, 0.717) is 11.5 Å². The molecule has 0 saturated heterocycles. The van der Waals surface area contributed by atoms with E-state index in [1.807, 2.05) is 20.0 Å². The van der Waals surface area contributed by atoms with Crippen LogP contribution >= 0.6 is 0 Å². The van der Waals surface area contributed by atoms with Crippen LogP contribution in [0, 0.1) is 6.92 Å². The van der Waals surface area contributed by atoms with E-state index in [2.05, 4.69) is 25.4 Å². The summed E-state index contributed by atoms with van der Waals surface area (Å²) in [6.45, 7) is 3.64. The Bertz CT molecular complexity index is 641. The molecule has 0 bridgehead atoms. The predicted molar refractivity (Wildman–Crippen MR) is 72.6 cm³/mol. The standard InChI is InChI=1S/C12H18N6O/c1-8-14-10(7-11-15-16-12(19)18(8)11)17(2)6-5-13-9-3-4-9/h7,9,13H,3-6H2,1-2H3,(H,16,19). The van der Waals surface area contributed by atoms with Crippen molar-refractivity contribution in [1.82, 2.24) is 24.9 Å². The summed E-state index contributed by atoms with van der Waals surface area (Å²) < 4.78 is 1.47. The molecule has 0 atom stereocenters. The molecule has 2 N–H and O–H groups in total. The first-order chi connectivity index (χ1) is 9.15. The Labute approximate surface area is 110 Å². The van der Waals surface area contributed by atoms with Crippen LogP contribution in [0.2, 0.25) is 0 Å². The summed E-state index contributed by atoms with van der Waals surface area (Å²) in [6.07, 6.45) is 2.59. The number of H-pyrrole nitrogens is 1. The van der Waals surface area contributed by atoms with Crippen molar-refractivity contribution in [3.05, 3.63) is 22.4 Å². The lowest BCUT2D eigenvalue weighted by molar-refractivity contribution is 0.671. The third-order valence-electron chi connectivity index (χ3n) is 3.41. The van der Waals surface area contributed by atoms with Gasteiger partial charge in [-0.25, -0.2) is 19.3 Å². The Balaban J connectivity index is 1.77. The van der Waals surface area contributed by atoms with E-state index < -0.39 is 0 Å². The van der Waals surface area contributed by atoms with E-state index in [0.717, 1.165) is 24.9 Å². The second-order valence-corrected chi connectivity index (χ2v) is 5.03. The van der Waals surface area contributed by atoms with Crippen LogP contribution in [0.4, 0.5) is 5.82 Å². The highest BCUT2D eigenvalue weighted by atomic mass is 16.1. The molecule has 102 valence electrons. The molecular formula is C12H18N6O. The van der Waals surface area contributed by atoms with E-state index in [4.69, 9.17) is 0 Å². The Morgan fingerprint density at radius 1 is 1.58 bits per heavy atom. The summed E-state index contributed by atoms with van der Waals surface area (Å²) >= 11 is 0. The second-order valence-electron chi connectivity index (χ2n) is 5.03. The molecule has 3 rings (SSSR count). The van der Waals surface area contributed by atoms with Crippen LogP contribution in [-0.4, -0.2) is 45.8 Å². The molecule has 19 heavy (non-hydrogen) atoms. The zero-order valence-electron chi connectivity index (χ0n) is 11.2. The number of nitrogens with zero attached hydrogens (tertiary/aromatic N) is 4. The molecule has 7 heteroatoms. The van der Waals surface area contributed by atoms with Gasteiger partial charge in [0.25, 0.3) is 0 Å². The average molecular weight is 262 g/mol. The number of aryl methyl sites for hydroxylation is 1. The fourth-order valence-electron chi connectivity index (χ4n) is 2.12. The molecule has 0 unspecified atom stereocenters. The fourth-order valence-corrected chi connectivity index (χ4v) is 2.12. The molecule has 1 aliphatic rings. The van der Waals surface area contributed by atoms with Gasteiger partial charge >= 0.3 is 5.69 Å². The van der Waals surface area contributed by atoms with Crippen molar-refractivity contribution in [2.24, 2.45) is 0 Å². The minimum Gasteiger partial charge on any atom is -0.358 e. The Morgan fingerprint density at radius 3 is 3.11 bits per heavy atom. The maximum atomic E-state index is 11.5. The first-order valence-corrected chi connectivity index (χ1v) is 6.54. The van der Waals surface area contributed by atoms with Gasteiger partial charge in [0.05, 0.1) is 0 Å². The number of anilines is 1. The number of hydrogen-bond acceptors (Lipinski definition) is 5. The SMILES string of the molecule is Cc1nc(N(C)CCNC2CC2)cc2n[nH]c(=O)n12. The van der Waals surface area contributed by atoms with Gasteiger partial charge in [-0.15, -0.1) is 0 Å². The van der Waals surface area contributed by atoms with Gasteiger partial charge in [0.15, 0.2) is 5.65 Å². The van der Waals surface area contributed by atoms with Crippen LogP contribution in [0.15, 0.2) is 10.9 Å². The van der Waals surface area contributed by atoms with Crippen molar-refractivity contribution in [1.29, 1.82) is 0 Å². The van der Waals surface area contributed by atoms with Crippen LogP contribution in [0.1, 0.15) is 18.7 Å². The maximum absolute atomic E-state index is 11.5. The van der Waals surface area contributed by atoms with Crippen molar-refractivity contribution in [3.63, 3.8) is 0 Å². The molecule has 7 nitrogen and oxygen atoms in total. The van der Waals surface area contributed by atoms with Crippen molar-refractivity contribution in [2.45, 2.75) is 25.8 Å². The van der Waals surface area contributed by atoms with Gasteiger partial charge in [-0.3, -0.25) is 0 Å². The minimum atomic E-state index is -0.246. The van der Waals surface area contributed by atoms with Gasteiger partial charge in [0, 0.05) is 32.2 Å². The highest BCUT2D eigenvalue weighted by Gasteiger charge is 2.20. The molecule has 2 aromatic rings. The molecule has 0 spiro atoms. The van der Waals surface area contributed by atoms with Crippen molar-refractivity contribution in [3.8, 4) is 0 Å². The van der Waals surface area contributed by atoms with E-state index in [9.17, 15) is 4.79 Å². The number of nitrogens with one attached hydrogen (secondary N) is 2. The lowest BCUT2D eigenvalue weighted by Gasteiger charge is -2.18. The molecule has 2 aromatic heterocycles. The zero-order valence-corrected chi connectivity index (χ0v) is 11.2. The number of likely N-dealkylation sites (N-methyl/N-ethyl adjacent to an activating group) is 1. The van der Waals surface area contributed by atoms with E-state index in [1.54, 1.807) is 0 Å². The molecule has 1 saturated carbocycles. The molecule has 0 amide bonds. The summed E-state index contributed by atoms with van der Waals surface area (Å²) in [4.78, 5) is 18.0. The molecule has 2 heterocycles.